The molecule has 194 valence electrons. The molecule has 0 aliphatic heterocycles. The van der Waals surface area contributed by atoms with Crippen molar-refractivity contribution in [3.63, 3.8) is 0 Å². The Labute approximate surface area is 232 Å². The Hall–Kier alpha value is -4.29. The van der Waals surface area contributed by atoms with Crippen molar-refractivity contribution in [1.82, 2.24) is 9.88 Å². The lowest BCUT2D eigenvalue weighted by atomic mass is 10.0. The van der Waals surface area contributed by atoms with Gasteiger partial charge in [0.1, 0.15) is 11.5 Å². The number of amidine groups is 1. The standard InChI is InChI=1S/C33H30N4OS/c34-32(35)24-16-15-23-19-31(33(38)36-26-10-3-1-4-11-26)37(30(23)20-24)21-25-18-28(39-27-12-5-2-6-13-27)17-22-9-7-8-14-29(22)25/h2,5-10,12-20H,1,3-4,11,21H2,(H3,34,35)(H,36,38). The van der Waals surface area contributed by atoms with Crippen molar-refractivity contribution in [2.45, 2.75) is 42.0 Å². The Morgan fingerprint density at radius 2 is 1.72 bits per heavy atom. The molecule has 6 heteroatoms. The van der Waals surface area contributed by atoms with Gasteiger partial charge in [-0.25, -0.2) is 0 Å². The van der Waals surface area contributed by atoms with E-state index in [2.05, 4.69) is 76.6 Å². The van der Waals surface area contributed by atoms with Crippen molar-refractivity contribution in [2.24, 2.45) is 5.73 Å². The molecule has 1 heterocycles. The first kappa shape index (κ1) is 25.0. The van der Waals surface area contributed by atoms with Crippen LogP contribution in [0.3, 0.4) is 0 Å². The fraction of sp³-hybridized carbons (Fsp3) is 0.152. The molecule has 0 atom stereocenters. The molecule has 1 amide bonds. The van der Waals surface area contributed by atoms with Gasteiger partial charge in [-0.05, 0) is 78.4 Å². The maximum atomic E-state index is 13.6. The fourth-order valence-corrected chi connectivity index (χ4v) is 6.24. The molecule has 0 saturated heterocycles. The average molecular weight is 531 g/mol. The number of nitrogens with zero attached hydrogens (tertiary/aromatic N) is 1. The predicted octanol–water partition coefficient (Wildman–Crippen LogP) is 7.47. The summed E-state index contributed by atoms with van der Waals surface area (Å²) in [7, 11) is 0. The number of rotatable bonds is 7. The topological polar surface area (TPSA) is 83.9 Å². The first-order valence-corrected chi connectivity index (χ1v) is 14.1. The number of hydrogen-bond acceptors (Lipinski definition) is 3. The maximum absolute atomic E-state index is 13.6. The molecule has 0 saturated carbocycles. The summed E-state index contributed by atoms with van der Waals surface area (Å²) in [6.07, 6.45) is 6.29. The summed E-state index contributed by atoms with van der Waals surface area (Å²) in [5.74, 6) is -0.0995. The zero-order valence-electron chi connectivity index (χ0n) is 21.6. The molecule has 39 heavy (non-hydrogen) atoms. The van der Waals surface area contributed by atoms with E-state index in [0.29, 0.717) is 17.8 Å². The van der Waals surface area contributed by atoms with Crippen LogP contribution < -0.4 is 11.1 Å². The Bertz CT molecular complexity index is 1740. The second kappa shape index (κ2) is 10.8. The second-order valence-corrected chi connectivity index (χ2v) is 11.1. The number of carbonyl (C=O) groups excluding carboxylic acids is 1. The number of nitrogens with two attached hydrogens (primary N) is 1. The van der Waals surface area contributed by atoms with Crippen molar-refractivity contribution < 1.29 is 4.79 Å². The van der Waals surface area contributed by atoms with E-state index in [0.717, 1.165) is 63.5 Å². The monoisotopic (exact) mass is 530 g/mol. The van der Waals surface area contributed by atoms with Crippen molar-refractivity contribution in [2.75, 3.05) is 0 Å². The van der Waals surface area contributed by atoms with Gasteiger partial charge in [-0.1, -0.05) is 72.4 Å². The lowest BCUT2D eigenvalue weighted by Gasteiger charge is -2.17. The largest absolute Gasteiger partial charge is 0.384 e. The Kier molecular flexibility index (Phi) is 6.95. The Morgan fingerprint density at radius 3 is 2.51 bits per heavy atom. The summed E-state index contributed by atoms with van der Waals surface area (Å²) in [6.45, 7) is 0.510. The van der Waals surface area contributed by atoms with Crippen molar-refractivity contribution in [1.29, 1.82) is 5.41 Å². The van der Waals surface area contributed by atoms with Gasteiger partial charge in [-0.15, -0.1) is 0 Å². The summed E-state index contributed by atoms with van der Waals surface area (Å²) in [5.41, 5.74) is 10.1. The number of allylic oxidation sites excluding steroid dienone is 2. The van der Waals surface area contributed by atoms with E-state index in [-0.39, 0.29) is 11.7 Å². The van der Waals surface area contributed by atoms with Crippen LogP contribution in [0.2, 0.25) is 0 Å². The van der Waals surface area contributed by atoms with Crippen LogP contribution in [0.25, 0.3) is 21.7 Å². The lowest BCUT2D eigenvalue weighted by molar-refractivity contribution is 0.0955. The highest BCUT2D eigenvalue weighted by Crippen LogP contribution is 2.33. The average Bonchev–Trinajstić information content (AvgIpc) is 3.32. The van der Waals surface area contributed by atoms with Gasteiger partial charge in [-0.3, -0.25) is 10.2 Å². The van der Waals surface area contributed by atoms with E-state index >= 15 is 0 Å². The minimum Gasteiger partial charge on any atom is -0.384 e. The van der Waals surface area contributed by atoms with Crippen molar-refractivity contribution in [3.05, 3.63) is 120 Å². The molecule has 0 unspecified atom stereocenters. The highest BCUT2D eigenvalue weighted by molar-refractivity contribution is 7.99. The Balaban J connectivity index is 1.47. The number of nitrogens with one attached hydrogen (secondary N) is 2. The van der Waals surface area contributed by atoms with E-state index in [1.54, 1.807) is 11.8 Å². The smallest absolute Gasteiger partial charge is 0.272 e. The molecule has 0 spiro atoms. The van der Waals surface area contributed by atoms with Gasteiger partial charge in [-0.2, -0.15) is 0 Å². The number of amides is 1. The number of nitrogen functional groups attached to an aromatic ring is 1. The van der Waals surface area contributed by atoms with E-state index in [4.69, 9.17) is 11.1 Å². The van der Waals surface area contributed by atoms with Crippen molar-refractivity contribution >= 4 is 45.2 Å². The lowest BCUT2D eigenvalue weighted by Crippen LogP contribution is -2.26. The molecule has 0 radical (unpaired) electrons. The SMILES string of the molecule is N=C(N)c1ccc2cc(C(=O)NC3=CCCCC3)n(Cc3cc(Sc4ccccc4)cc4ccccc34)c2c1. The molecule has 0 bridgehead atoms. The van der Waals surface area contributed by atoms with Crippen LogP contribution >= 0.6 is 11.8 Å². The molecule has 4 N–H and O–H groups in total. The highest BCUT2D eigenvalue weighted by atomic mass is 32.2. The van der Waals surface area contributed by atoms with Gasteiger partial charge in [0.2, 0.25) is 0 Å². The normalized spacial score (nSPS) is 13.4. The van der Waals surface area contributed by atoms with Crippen molar-refractivity contribution in [3.8, 4) is 0 Å². The van der Waals surface area contributed by atoms with Gasteiger partial charge >= 0.3 is 0 Å². The quantitative estimate of drug-likeness (QED) is 0.151. The van der Waals surface area contributed by atoms with Crippen LogP contribution in [0.15, 0.2) is 113 Å². The van der Waals surface area contributed by atoms with Gasteiger partial charge in [0.05, 0.1) is 0 Å². The van der Waals surface area contributed by atoms with Crippen LogP contribution in [-0.4, -0.2) is 16.3 Å². The molecule has 1 aliphatic carbocycles. The van der Waals surface area contributed by atoms with Crippen LogP contribution in [0.5, 0.6) is 0 Å². The highest BCUT2D eigenvalue weighted by Gasteiger charge is 2.19. The zero-order valence-corrected chi connectivity index (χ0v) is 22.4. The van der Waals surface area contributed by atoms with E-state index < -0.39 is 0 Å². The molecule has 5 aromatic rings. The molecule has 4 aromatic carbocycles. The van der Waals surface area contributed by atoms with Crippen LogP contribution in [-0.2, 0) is 6.54 Å². The molecule has 5 nitrogen and oxygen atoms in total. The minimum atomic E-state index is -0.108. The third kappa shape index (κ3) is 5.33. The summed E-state index contributed by atoms with van der Waals surface area (Å²) < 4.78 is 2.07. The van der Waals surface area contributed by atoms with Gasteiger partial charge in [0.25, 0.3) is 5.91 Å². The van der Waals surface area contributed by atoms with Crippen LogP contribution in [0, 0.1) is 5.41 Å². The van der Waals surface area contributed by atoms with E-state index in [1.807, 2.05) is 30.3 Å². The zero-order chi connectivity index (χ0) is 26.8. The number of benzene rings is 4. The number of aromatic nitrogens is 1. The minimum absolute atomic E-state index is 0.00900. The van der Waals surface area contributed by atoms with Crippen LogP contribution in [0.4, 0.5) is 0 Å². The van der Waals surface area contributed by atoms with Gasteiger partial charge in [0.15, 0.2) is 0 Å². The molecule has 6 rings (SSSR count). The summed E-state index contributed by atoms with van der Waals surface area (Å²) in [4.78, 5) is 16.0. The third-order valence-electron chi connectivity index (χ3n) is 7.24. The number of carbonyl (C=O) groups is 1. The van der Waals surface area contributed by atoms with Crippen LogP contribution in [0.1, 0.15) is 47.3 Å². The summed E-state index contributed by atoms with van der Waals surface area (Å²) in [5, 5.41) is 14.4. The second-order valence-electron chi connectivity index (χ2n) is 9.95. The first-order chi connectivity index (χ1) is 19.0. The molecule has 1 aliphatic rings. The van der Waals surface area contributed by atoms with Gasteiger partial charge < -0.3 is 15.6 Å². The summed E-state index contributed by atoms with van der Waals surface area (Å²) >= 11 is 1.73. The number of fused-ring (bicyclic) bond motifs is 2. The van der Waals surface area contributed by atoms with E-state index in [9.17, 15) is 4.79 Å². The molecule has 0 fully saturated rings. The first-order valence-electron chi connectivity index (χ1n) is 13.3. The number of hydrogen-bond donors (Lipinski definition) is 3. The van der Waals surface area contributed by atoms with E-state index in [1.165, 1.54) is 4.90 Å². The van der Waals surface area contributed by atoms with Gasteiger partial charge in [0, 0.05) is 38.5 Å². The summed E-state index contributed by atoms with van der Waals surface area (Å²) in [6, 6.07) is 30.9. The maximum Gasteiger partial charge on any atom is 0.272 e. The molecular formula is C33H30N4OS. The Morgan fingerprint density at radius 1 is 0.897 bits per heavy atom. The molecular weight excluding hydrogens is 500 g/mol. The fourth-order valence-electron chi connectivity index (χ4n) is 5.29. The molecule has 1 aromatic heterocycles. The predicted molar refractivity (Wildman–Crippen MR) is 161 cm³/mol. The third-order valence-corrected chi connectivity index (χ3v) is 8.22.